The van der Waals surface area contributed by atoms with E-state index in [4.69, 9.17) is 0 Å². The minimum Gasteiger partial charge on any atom is -0.387 e. The molecule has 0 saturated carbocycles. The molecule has 1 N–H and O–H groups in total. The lowest BCUT2D eigenvalue weighted by atomic mass is 9.95. The topological polar surface area (TPSA) is 20.2 Å². The van der Waals surface area contributed by atoms with E-state index in [1.807, 2.05) is 6.07 Å². The predicted octanol–water partition coefficient (Wildman–Crippen LogP) is 4.05. The number of fused-ring (bicyclic) bond motifs is 1. The fraction of sp³-hybridized carbons (Fsp3) is 0.294. The lowest BCUT2D eigenvalue weighted by Crippen LogP contribution is -2.15. The molecule has 0 saturated heterocycles. The van der Waals surface area contributed by atoms with Crippen molar-refractivity contribution >= 4 is 11.8 Å². The molecule has 0 fully saturated rings. The summed E-state index contributed by atoms with van der Waals surface area (Å²) < 4.78 is 0. The fourth-order valence-electron chi connectivity index (χ4n) is 2.68. The molecule has 19 heavy (non-hydrogen) atoms. The first-order valence-corrected chi connectivity index (χ1v) is 7.53. The van der Waals surface area contributed by atoms with E-state index in [2.05, 4.69) is 50.2 Å². The third kappa shape index (κ3) is 2.31. The standard InChI is InChI=1S/C17H18OS/c1-11-6-5-8-14(12(11)2)17(18)16-10-13-7-3-4-9-15(13)19-16/h3-9,16-18H,10H2,1-2H3. The van der Waals surface area contributed by atoms with Crippen molar-refractivity contribution in [2.45, 2.75) is 36.5 Å². The fourth-order valence-corrected chi connectivity index (χ4v) is 4.00. The number of aliphatic hydroxyl groups is 1. The van der Waals surface area contributed by atoms with E-state index in [1.54, 1.807) is 11.8 Å². The largest absolute Gasteiger partial charge is 0.387 e. The molecule has 2 unspecified atom stereocenters. The van der Waals surface area contributed by atoms with Crippen molar-refractivity contribution in [2.75, 3.05) is 0 Å². The molecule has 1 aliphatic rings. The zero-order valence-electron chi connectivity index (χ0n) is 11.3. The Hall–Kier alpha value is -1.25. The Labute approximate surface area is 118 Å². The highest BCUT2D eigenvalue weighted by Crippen LogP contribution is 2.43. The molecule has 98 valence electrons. The second-order valence-corrected chi connectivity index (χ2v) is 6.48. The van der Waals surface area contributed by atoms with Gasteiger partial charge in [-0.1, -0.05) is 36.4 Å². The molecule has 0 amide bonds. The van der Waals surface area contributed by atoms with Crippen molar-refractivity contribution in [3.63, 3.8) is 0 Å². The number of hydrogen-bond acceptors (Lipinski definition) is 2. The van der Waals surface area contributed by atoms with E-state index in [0.29, 0.717) is 0 Å². The first-order chi connectivity index (χ1) is 9.16. The van der Waals surface area contributed by atoms with Crippen LogP contribution >= 0.6 is 11.8 Å². The molecule has 1 nitrogen and oxygen atoms in total. The molecule has 1 aliphatic heterocycles. The minimum absolute atomic E-state index is 0.234. The van der Waals surface area contributed by atoms with E-state index in [1.165, 1.54) is 21.6 Å². The summed E-state index contributed by atoms with van der Waals surface area (Å²) in [5, 5.41) is 10.9. The lowest BCUT2D eigenvalue weighted by molar-refractivity contribution is 0.174. The molecule has 2 heteroatoms. The molecule has 0 radical (unpaired) electrons. The highest BCUT2D eigenvalue weighted by molar-refractivity contribution is 8.00. The number of aryl methyl sites for hydroxylation is 1. The van der Waals surface area contributed by atoms with Crippen LogP contribution in [0, 0.1) is 13.8 Å². The van der Waals surface area contributed by atoms with E-state index in [0.717, 1.165) is 12.0 Å². The van der Waals surface area contributed by atoms with Gasteiger partial charge in [0.25, 0.3) is 0 Å². The number of rotatable bonds is 2. The number of aliphatic hydroxyl groups excluding tert-OH is 1. The zero-order valence-corrected chi connectivity index (χ0v) is 12.1. The Morgan fingerprint density at radius 2 is 1.89 bits per heavy atom. The summed E-state index contributed by atoms with van der Waals surface area (Å²) in [7, 11) is 0. The maximum absolute atomic E-state index is 10.7. The normalized spacial score (nSPS) is 19.2. The average Bonchev–Trinajstić information content (AvgIpc) is 2.85. The second-order valence-electron chi connectivity index (χ2n) is 5.20. The van der Waals surface area contributed by atoms with Crippen molar-refractivity contribution < 1.29 is 5.11 Å². The van der Waals surface area contributed by atoms with Gasteiger partial charge in [-0.05, 0) is 48.6 Å². The second kappa shape index (κ2) is 5.03. The van der Waals surface area contributed by atoms with E-state index < -0.39 is 6.10 Å². The molecule has 0 spiro atoms. The van der Waals surface area contributed by atoms with E-state index in [9.17, 15) is 5.11 Å². The van der Waals surface area contributed by atoms with Gasteiger partial charge in [-0.3, -0.25) is 0 Å². The van der Waals surface area contributed by atoms with Crippen molar-refractivity contribution in [2.24, 2.45) is 0 Å². The van der Waals surface area contributed by atoms with Gasteiger partial charge in [0.2, 0.25) is 0 Å². The monoisotopic (exact) mass is 270 g/mol. The van der Waals surface area contributed by atoms with Gasteiger partial charge < -0.3 is 5.11 Å². The SMILES string of the molecule is Cc1cccc(C(O)C2Cc3ccccc3S2)c1C. The number of benzene rings is 2. The smallest absolute Gasteiger partial charge is 0.0917 e. The molecule has 0 bridgehead atoms. The molecule has 2 aromatic rings. The summed E-state index contributed by atoms with van der Waals surface area (Å²) in [5.41, 5.74) is 4.90. The van der Waals surface area contributed by atoms with Crippen LogP contribution in [0.4, 0.5) is 0 Å². The average molecular weight is 270 g/mol. The van der Waals surface area contributed by atoms with Crippen LogP contribution in [0.25, 0.3) is 0 Å². The Kier molecular flexibility index (Phi) is 3.38. The molecule has 0 aliphatic carbocycles. The van der Waals surface area contributed by atoms with Gasteiger partial charge in [-0.25, -0.2) is 0 Å². The van der Waals surface area contributed by atoms with Gasteiger partial charge in [-0.2, -0.15) is 0 Å². The van der Waals surface area contributed by atoms with Crippen molar-refractivity contribution in [3.8, 4) is 0 Å². The molecule has 0 aromatic heterocycles. The zero-order chi connectivity index (χ0) is 13.4. The van der Waals surface area contributed by atoms with Gasteiger partial charge in [0.1, 0.15) is 0 Å². The third-order valence-electron chi connectivity index (χ3n) is 3.99. The van der Waals surface area contributed by atoms with Crippen LogP contribution in [-0.2, 0) is 6.42 Å². The molecule has 2 aromatic carbocycles. The van der Waals surface area contributed by atoms with Crippen molar-refractivity contribution in [3.05, 3.63) is 64.7 Å². The van der Waals surface area contributed by atoms with Crippen LogP contribution in [0.3, 0.4) is 0 Å². The third-order valence-corrected chi connectivity index (χ3v) is 5.37. The first-order valence-electron chi connectivity index (χ1n) is 6.65. The quantitative estimate of drug-likeness (QED) is 0.888. The molecular formula is C17H18OS. The Balaban J connectivity index is 1.87. The van der Waals surface area contributed by atoms with E-state index in [-0.39, 0.29) is 5.25 Å². The molecule has 3 rings (SSSR count). The summed E-state index contributed by atoms with van der Waals surface area (Å²) >= 11 is 1.80. The van der Waals surface area contributed by atoms with Crippen molar-refractivity contribution in [1.82, 2.24) is 0 Å². The van der Waals surface area contributed by atoms with Gasteiger partial charge in [0.05, 0.1) is 6.10 Å². The lowest BCUT2D eigenvalue weighted by Gasteiger charge is -2.20. The van der Waals surface area contributed by atoms with Crippen LogP contribution in [-0.4, -0.2) is 10.4 Å². The maximum Gasteiger partial charge on any atom is 0.0917 e. The van der Waals surface area contributed by atoms with Crippen LogP contribution in [0.1, 0.15) is 28.4 Å². The highest BCUT2D eigenvalue weighted by Gasteiger charge is 2.29. The van der Waals surface area contributed by atoms with Crippen LogP contribution in [0.2, 0.25) is 0 Å². The van der Waals surface area contributed by atoms with Crippen molar-refractivity contribution in [1.29, 1.82) is 0 Å². The van der Waals surface area contributed by atoms with Gasteiger partial charge >= 0.3 is 0 Å². The van der Waals surface area contributed by atoms with Crippen LogP contribution < -0.4 is 0 Å². The first kappa shape index (κ1) is 12.8. The van der Waals surface area contributed by atoms with Crippen LogP contribution in [0.15, 0.2) is 47.4 Å². The minimum atomic E-state index is -0.391. The summed E-state index contributed by atoms with van der Waals surface area (Å²) in [5.74, 6) is 0. The predicted molar refractivity (Wildman–Crippen MR) is 80.7 cm³/mol. The van der Waals surface area contributed by atoms with Gasteiger partial charge in [0.15, 0.2) is 0 Å². The summed E-state index contributed by atoms with van der Waals surface area (Å²) in [6.45, 7) is 4.20. The number of thioether (sulfide) groups is 1. The number of hydrogen-bond donors (Lipinski definition) is 1. The molecular weight excluding hydrogens is 252 g/mol. The summed E-state index contributed by atoms with van der Waals surface area (Å²) in [4.78, 5) is 1.32. The highest BCUT2D eigenvalue weighted by atomic mass is 32.2. The Morgan fingerprint density at radius 1 is 1.11 bits per heavy atom. The van der Waals surface area contributed by atoms with Gasteiger partial charge in [0, 0.05) is 10.1 Å². The summed E-state index contributed by atoms with van der Waals surface area (Å²) in [6, 6.07) is 14.6. The van der Waals surface area contributed by atoms with Crippen LogP contribution in [0.5, 0.6) is 0 Å². The maximum atomic E-state index is 10.7. The van der Waals surface area contributed by atoms with E-state index >= 15 is 0 Å². The molecule has 2 atom stereocenters. The Morgan fingerprint density at radius 3 is 2.68 bits per heavy atom. The summed E-state index contributed by atoms with van der Waals surface area (Å²) in [6.07, 6.45) is 0.562. The van der Waals surface area contributed by atoms with Gasteiger partial charge in [-0.15, -0.1) is 11.8 Å². The Bertz CT molecular complexity index is 581. The molecule has 1 heterocycles.